The Kier molecular flexibility index (Phi) is 2.14. The van der Waals surface area contributed by atoms with Crippen molar-refractivity contribution in [1.82, 2.24) is 0 Å². The van der Waals surface area contributed by atoms with Crippen molar-refractivity contribution < 1.29 is 14.0 Å². The van der Waals surface area contributed by atoms with Gasteiger partial charge in [0.25, 0.3) is 0 Å². The molecule has 1 aromatic rings. The van der Waals surface area contributed by atoms with E-state index >= 15 is 0 Å². The summed E-state index contributed by atoms with van der Waals surface area (Å²) < 4.78 is 15.3. The van der Waals surface area contributed by atoms with Crippen molar-refractivity contribution in [2.75, 3.05) is 6.66 Å². The molecule has 1 aromatic heterocycles. The lowest BCUT2D eigenvalue weighted by atomic mass is 10.6. The highest BCUT2D eigenvalue weighted by molar-refractivity contribution is 7.52. The van der Waals surface area contributed by atoms with E-state index in [9.17, 15) is 4.57 Å². The standard InChI is InChI=1S/C5H7O3PS/c1-9(6,7)8-5-2-3-10-4-5/h2-4H,1H3,(H,6,7). The average molecular weight is 178 g/mol. The maximum Gasteiger partial charge on any atom is 0.373 e. The van der Waals surface area contributed by atoms with Crippen LogP contribution >= 0.6 is 18.9 Å². The summed E-state index contributed by atoms with van der Waals surface area (Å²) in [7, 11) is -3.35. The monoisotopic (exact) mass is 178 g/mol. The highest BCUT2D eigenvalue weighted by atomic mass is 32.1. The lowest BCUT2D eigenvalue weighted by Gasteiger charge is -2.04. The van der Waals surface area contributed by atoms with Crippen molar-refractivity contribution in [3.8, 4) is 5.75 Å². The summed E-state index contributed by atoms with van der Waals surface area (Å²) in [6.45, 7) is 1.16. The molecule has 1 atom stereocenters. The van der Waals surface area contributed by atoms with Crippen molar-refractivity contribution in [3.05, 3.63) is 16.8 Å². The maximum atomic E-state index is 10.6. The van der Waals surface area contributed by atoms with Gasteiger partial charge >= 0.3 is 7.60 Å². The minimum absolute atomic E-state index is 0.457. The summed E-state index contributed by atoms with van der Waals surface area (Å²) >= 11 is 1.42. The summed E-state index contributed by atoms with van der Waals surface area (Å²) in [6.07, 6.45) is 0. The molecule has 0 saturated carbocycles. The zero-order valence-electron chi connectivity index (χ0n) is 5.35. The minimum atomic E-state index is -3.35. The fourth-order valence-corrected chi connectivity index (χ4v) is 1.63. The first-order valence-corrected chi connectivity index (χ1v) is 5.57. The van der Waals surface area contributed by atoms with Gasteiger partial charge in [0, 0.05) is 12.0 Å². The van der Waals surface area contributed by atoms with E-state index in [1.165, 1.54) is 11.3 Å². The number of thiophene rings is 1. The molecule has 56 valence electrons. The smallest absolute Gasteiger partial charge is 0.373 e. The molecule has 0 fully saturated rings. The predicted molar refractivity (Wildman–Crippen MR) is 40.7 cm³/mol. The zero-order chi connectivity index (χ0) is 7.61. The Balaban J connectivity index is 2.66. The fourth-order valence-electron chi connectivity index (χ4n) is 0.500. The van der Waals surface area contributed by atoms with Gasteiger partial charge in [0.2, 0.25) is 0 Å². The third kappa shape index (κ3) is 2.52. The van der Waals surface area contributed by atoms with Crippen LogP contribution in [0.3, 0.4) is 0 Å². The van der Waals surface area contributed by atoms with E-state index in [1.807, 2.05) is 0 Å². The second-order valence-corrected chi connectivity index (χ2v) is 4.42. The first-order chi connectivity index (χ1) is 4.58. The average Bonchev–Trinajstić information content (AvgIpc) is 2.12. The Morgan fingerprint density at radius 3 is 2.90 bits per heavy atom. The second-order valence-electron chi connectivity index (χ2n) is 1.85. The van der Waals surface area contributed by atoms with Crippen LogP contribution in [0.4, 0.5) is 0 Å². The highest BCUT2D eigenvalue weighted by Gasteiger charge is 2.10. The van der Waals surface area contributed by atoms with E-state index < -0.39 is 7.60 Å². The summed E-state index contributed by atoms with van der Waals surface area (Å²) in [5.41, 5.74) is 0. The van der Waals surface area contributed by atoms with Gasteiger partial charge in [-0.05, 0) is 11.4 Å². The van der Waals surface area contributed by atoms with Crippen LogP contribution in [0.1, 0.15) is 0 Å². The van der Waals surface area contributed by atoms with Crippen molar-refractivity contribution in [3.63, 3.8) is 0 Å². The van der Waals surface area contributed by atoms with Gasteiger partial charge in [-0.3, -0.25) is 0 Å². The summed E-state index contributed by atoms with van der Waals surface area (Å²) in [6, 6.07) is 1.65. The van der Waals surface area contributed by atoms with Gasteiger partial charge in [-0.15, -0.1) is 11.3 Å². The molecule has 1 rings (SSSR count). The highest BCUT2D eigenvalue weighted by Crippen LogP contribution is 2.38. The van der Waals surface area contributed by atoms with Crippen LogP contribution in [0, 0.1) is 0 Å². The molecule has 0 spiro atoms. The van der Waals surface area contributed by atoms with E-state index in [4.69, 9.17) is 4.89 Å². The van der Waals surface area contributed by atoms with E-state index in [-0.39, 0.29) is 0 Å². The molecular weight excluding hydrogens is 171 g/mol. The number of rotatable bonds is 2. The Bertz CT molecular complexity index is 237. The first-order valence-electron chi connectivity index (χ1n) is 2.60. The molecule has 1 N–H and O–H groups in total. The molecule has 0 aromatic carbocycles. The molecule has 3 nitrogen and oxygen atoms in total. The quantitative estimate of drug-likeness (QED) is 0.704. The van der Waals surface area contributed by atoms with Crippen LogP contribution in [-0.2, 0) is 4.57 Å². The van der Waals surface area contributed by atoms with Crippen LogP contribution in [0.2, 0.25) is 0 Å². The first kappa shape index (κ1) is 7.79. The third-order valence-corrected chi connectivity index (χ3v) is 1.98. The van der Waals surface area contributed by atoms with Crippen LogP contribution < -0.4 is 4.52 Å². The van der Waals surface area contributed by atoms with E-state index in [1.54, 1.807) is 16.8 Å². The summed E-state index contributed by atoms with van der Waals surface area (Å²) in [5.74, 6) is 0.457. The molecule has 0 radical (unpaired) electrons. The molecule has 10 heavy (non-hydrogen) atoms. The third-order valence-electron chi connectivity index (χ3n) is 0.770. The van der Waals surface area contributed by atoms with Gasteiger partial charge in [-0.1, -0.05) is 0 Å². The topological polar surface area (TPSA) is 46.5 Å². The van der Waals surface area contributed by atoms with Gasteiger partial charge < -0.3 is 9.42 Å². The molecule has 5 heteroatoms. The summed E-state index contributed by atoms with van der Waals surface area (Å²) in [5, 5.41) is 3.46. The van der Waals surface area contributed by atoms with E-state index in [0.717, 1.165) is 6.66 Å². The van der Waals surface area contributed by atoms with Crippen molar-refractivity contribution in [2.45, 2.75) is 0 Å². The van der Waals surface area contributed by atoms with Gasteiger partial charge in [-0.25, -0.2) is 4.57 Å². The lowest BCUT2D eigenvalue weighted by Crippen LogP contribution is -1.86. The van der Waals surface area contributed by atoms with Crippen LogP contribution in [-0.4, -0.2) is 11.6 Å². The van der Waals surface area contributed by atoms with Crippen LogP contribution in [0.25, 0.3) is 0 Å². The van der Waals surface area contributed by atoms with E-state index in [0.29, 0.717) is 5.75 Å². The minimum Gasteiger partial charge on any atom is -0.424 e. The number of hydrogen-bond acceptors (Lipinski definition) is 3. The van der Waals surface area contributed by atoms with Gasteiger partial charge in [0.15, 0.2) is 0 Å². The van der Waals surface area contributed by atoms with E-state index in [2.05, 4.69) is 4.52 Å². The van der Waals surface area contributed by atoms with Crippen LogP contribution in [0.15, 0.2) is 16.8 Å². The normalized spacial score (nSPS) is 16.2. The fraction of sp³-hybridized carbons (Fsp3) is 0.200. The Morgan fingerprint density at radius 2 is 2.50 bits per heavy atom. The molecule has 0 aliphatic rings. The van der Waals surface area contributed by atoms with Crippen molar-refractivity contribution >= 4 is 18.9 Å². The van der Waals surface area contributed by atoms with Gasteiger partial charge in [-0.2, -0.15) is 0 Å². The van der Waals surface area contributed by atoms with Gasteiger partial charge in [0.1, 0.15) is 5.75 Å². The second kappa shape index (κ2) is 2.74. The number of hydrogen-bond donors (Lipinski definition) is 1. The largest absolute Gasteiger partial charge is 0.424 e. The Hall–Kier alpha value is -0.310. The molecule has 0 aliphatic carbocycles. The lowest BCUT2D eigenvalue weighted by molar-refractivity contribution is 0.388. The molecule has 1 heterocycles. The molecule has 1 unspecified atom stereocenters. The molecular formula is C5H7O3PS. The maximum absolute atomic E-state index is 10.6. The molecule has 0 bridgehead atoms. The van der Waals surface area contributed by atoms with Crippen molar-refractivity contribution in [1.29, 1.82) is 0 Å². The van der Waals surface area contributed by atoms with Crippen LogP contribution in [0.5, 0.6) is 5.75 Å². The molecule has 0 saturated heterocycles. The SMILES string of the molecule is CP(=O)(O)Oc1ccsc1. The van der Waals surface area contributed by atoms with Gasteiger partial charge in [0.05, 0.1) is 0 Å². The predicted octanol–water partition coefficient (Wildman–Crippen LogP) is 1.94. The van der Waals surface area contributed by atoms with Crippen molar-refractivity contribution in [2.24, 2.45) is 0 Å². The summed E-state index contributed by atoms with van der Waals surface area (Å²) in [4.78, 5) is 8.73. The molecule has 0 aliphatic heterocycles. The molecule has 0 amide bonds. The Labute approximate surface area is 62.8 Å². The Morgan fingerprint density at radius 1 is 1.80 bits per heavy atom. The zero-order valence-corrected chi connectivity index (χ0v) is 7.06.